The van der Waals surface area contributed by atoms with Crippen LogP contribution in [-0.2, 0) is 10.0 Å². The van der Waals surface area contributed by atoms with E-state index in [9.17, 15) is 8.42 Å². The van der Waals surface area contributed by atoms with E-state index in [1.165, 1.54) is 11.3 Å². The SMILES string of the molecule is CCN(C1CNC1)S(=O)(=O)c1cc(Br)sc1Br. The van der Waals surface area contributed by atoms with Crippen LogP contribution in [0.4, 0.5) is 0 Å². The van der Waals surface area contributed by atoms with Crippen LogP contribution in [0.1, 0.15) is 6.92 Å². The lowest BCUT2D eigenvalue weighted by Crippen LogP contribution is -2.58. The molecule has 0 saturated carbocycles. The Morgan fingerprint density at radius 3 is 2.53 bits per heavy atom. The summed E-state index contributed by atoms with van der Waals surface area (Å²) in [5.41, 5.74) is 0. The molecular weight excluding hydrogens is 392 g/mol. The molecule has 1 N–H and O–H groups in total. The molecule has 0 spiro atoms. The third-order valence-electron chi connectivity index (χ3n) is 2.69. The molecule has 1 fully saturated rings. The summed E-state index contributed by atoms with van der Waals surface area (Å²) >= 11 is 7.99. The molecule has 0 atom stereocenters. The first-order valence-corrected chi connectivity index (χ1v) is 8.98. The van der Waals surface area contributed by atoms with E-state index in [1.807, 2.05) is 6.92 Å². The Bertz CT molecular complexity index is 511. The van der Waals surface area contributed by atoms with Crippen LogP contribution in [0.3, 0.4) is 0 Å². The fourth-order valence-electron chi connectivity index (χ4n) is 1.73. The molecule has 0 aliphatic carbocycles. The summed E-state index contributed by atoms with van der Waals surface area (Å²) in [6, 6.07) is 1.73. The van der Waals surface area contributed by atoms with E-state index >= 15 is 0 Å². The molecule has 2 rings (SSSR count). The number of nitrogens with zero attached hydrogens (tertiary/aromatic N) is 1. The van der Waals surface area contributed by atoms with E-state index in [4.69, 9.17) is 0 Å². The molecule has 17 heavy (non-hydrogen) atoms. The van der Waals surface area contributed by atoms with Crippen LogP contribution in [0.5, 0.6) is 0 Å². The Labute approximate surface area is 122 Å². The molecule has 0 radical (unpaired) electrons. The van der Waals surface area contributed by atoms with Gasteiger partial charge in [0.05, 0.1) is 13.6 Å². The van der Waals surface area contributed by atoms with Gasteiger partial charge >= 0.3 is 0 Å². The number of halogens is 2. The molecule has 4 nitrogen and oxygen atoms in total. The van der Waals surface area contributed by atoms with Crippen LogP contribution >= 0.6 is 43.2 Å². The fraction of sp³-hybridized carbons (Fsp3) is 0.556. The first-order chi connectivity index (χ1) is 7.96. The lowest BCUT2D eigenvalue weighted by molar-refractivity contribution is 0.249. The van der Waals surface area contributed by atoms with Gasteiger partial charge in [0.2, 0.25) is 10.0 Å². The number of hydrogen-bond acceptors (Lipinski definition) is 4. The highest BCUT2D eigenvalue weighted by atomic mass is 79.9. The Kier molecular flexibility index (Phi) is 4.32. The summed E-state index contributed by atoms with van der Waals surface area (Å²) in [4.78, 5) is 0.350. The summed E-state index contributed by atoms with van der Waals surface area (Å²) in [5, 5.41) is 3.09. The molecule has 0 aromatic carbocycles. The van der Waals surface area contributed by atoms with Crippen LogP contribution in [-0.4, -0.2) is 38.4 Å². The number of hydrogen-bond donors (Lipinski definition) is 1. The highest BCUT2D eigenvalue weighted by Crippen LogP contribution is 2.36. The van der Waals surface area contributed by atoms with Crippen molar-refractivity contribution in [1.29, 1.82) is 0 Å². The topological polar surface area (TPSA) is 49.4 Å². The maximum atomic E-state index is 12.5. The second-order valence-corrected chi connectivity index (χ2v) is 9.32. The van der Waals surface area contributed by atoms with Crippen LogP contribution in [0, 0.1) is 0 Å². The van der Waals surface area contributed by atoms with Crippen LogP contribution in [0.15, 0.2) is 18.5 Å². The molecule has 1 saturated heterocycles. The summed E-state index contributed by atoms with van der Waals surface area (Å²) in [6.45, 7) is 3.83. The Hall–Kier alpha value is 0.530. The van der Waals surface area contributed by atoms with Gasteiger partial charge in [0.15, 0.2) is 0 Å². The maximum absolute atomic E-state index is 12.5. The molecule has 0 unspecified atom stereocenters. The van der Waals surface area contributed by atoms with Gasteiger partial charge in [-0.1, -0.05) is 6.92 Å². The molecule has 0 amide bonds. The van der Waals surface area contributed by atoms with E-state index in [0.29, 0.717) is 15.2 Å². The molecule has 1 aliphatic heterocycles. The summed E-state index contributed by atoms with van der Waals surface area (Å²) < 4.78 is 28.0. The van der Waals surface area contributed by atoms with E-state index in [1.54, 1.807) is 10.4 Å². The summed E-state index contributed by atoms with van der Waals surface area (Å²) in [6.07, 6.45) is 0. The minimum atomic E-state index is -3.39. The highest BCUT2D eigenvalue weighted by molar-refractivity contribution is 9.12. The van der Waals surface area contributed by atoms with Gasteiger partial charge in [0.1, 0.15) is 4.90 Å². The van der Waals surface area contributed by atoms with Crippen molar-refractivity contribution in [2.75, 3.05) is 19.6 Å². The predicted molar refractivity (Wildman–Crippen MR) is 75.9 cm³/mol. The molecule has 1 aliphatic rings. The first-order valence-electron chi connectivity index (χ1n) is 5.14. The van der Waals surface area contributed by atoms with Gasteiger partial charge in [-0.15, -0.1) is 11.3 Å². The smallest absolute Gasteiger partial charge is 0.245 e. The van der Waals surface area contributed by atoms with Crippen LogP contribution in [0.2, 0.25) is 0 Å². The lowest BCUT2D eigenvalue weighted by Gasteiger charge is -2.36. The van der Waals surface area contributed by atoms with Crippen LogP contribution < -0.4 is 5.32 Å². The van der Waals surface area contributed by atoms with Crippen molar-refractivity contribution in [3.05, 3.63) is 13.6 Å². The standard InChI is InChI=1S/C9H12Br2N2O2S2/c1-2-13(6-4-12-5-6)17(14,15)7-3-8(10)16-9(7)11/h3,6,12H,2,4-5H2,1H3. The predicted octanol–water partition coefficient (Wildman–Crippen LogP) is 2.26. The Morgan fingerprint density at radius 2 is 2.18 bits per heavy atom. The van der Waals surface area contributed by atoms with Gasteiger partial charge in [0, 0.05) is 19.6 Å². The first kappa shape index (κ1) is 14.0. The van der Waals surface area contributed by atoms with Crippen molar-refractivity contribution >= 4 is 53.2 Å². The fourth-order valence-corrected chi connectivity index (χ4v) is 7.12. The quantitative estimate of drug-likeness (QED) is 0.838. The molecular formula is C9H12Br2N2O2S2. The van der Waals surface area contributed by atoms with Crippen molar-refractivity contribution in [2.24, 2.45) is 0 Å². The molecule has 0 bridgehead atoms. The van der Waals surface area contributed by atoms with E-state index in [0.717, 1.165) is 16.9 Å². The molecule has 1 aromatic heterocycles. The minimum Gasteiger partial charge on any atom is -0.313 e. The summed E-state index contributed by atoms with van der Waals surface area (Å²) in [7, 11) is -3.39. The van der Waals surface area contributed by atoms with E-state index < -0.39 is 10.0 Å². The van der Waals surface area contributed by atoms with Gasteiger partial charge in [-0.2, -0.15) is 4.31 Å². The van der Waals surface area contributed by atoms with Gasteiger partial charge in [0.25, 0.3) is 0 Å². The molecule has 2 heterocycles. The molecule has 1 aromatic rings. The van der Waals surface area contributed by atoms with Crippen molar-refractivity contribution in [3.8, 4) is 0 Å². The number of likely N-dealkylation sites (N-methyl/N-ethyl adjacent to an activating group) is 1. The van der Waals surface area contributed by atoms with Gasteiger partial charge < -0.3 is 5.32 Å². The second kappa shape index (κ2) is 5.26. The molecule has 8 heteroatoms. The van der Waals surface area contributed by atoms with Crippen molar-refractivity contribution in [2.45, 2.75) is 17.9 Å². The monoisotopic (exact) mass is 402 g/mol. The number of rotatable bonds is 4. The third-order valence-corrected chi connectivity index (χ3v) is 7.47. The summed E-state index contributed by atoms with van der Waals surface area (Å²) in [5.74, 6) is 0. The molecule has 96 valence electrons. The maximum Gasteiger partial charge on any atom is 0.245 e. The average Bonchev–Trinajstić information content (AvgIpc) is 2.51. The number of sulfonamides is 1. The van der Waals surface area contributed by atoms with E-state index in [-0.39, 0.29) is 6.04 Å². The normalized spacial score (nSPS) is 17.4. The van der Waals surface area contributed by atoms with E-state index in [2.05, 4.69) is 37.2 Å². The van der Waals surface area contributed by atoms with Gasteiger partial charge in [-0.25, -0.2) is 8.42 Å². The van der Waals surface area contributed by atoms with Gasteiger partial charge in [-0.05, 0) is 37.9 Å². The Morgan fingerprint density at radius 1 is 1.53 bits per heavy atom. The van der Waals surface area contributed by atoms with Crippen molar-refractivity contribution in [3.63, 3.8) is 0 Å². The van der Waals surface area contributed by atoms with Crippen LogP contribution in [0.25, 0.3) is 0 Å². The largest absolute Gasteiger partial charge is 0.313 e. The third kappa shape index (κ3) is 2.62. The minimum absolute atomic E-state index is 0.0792. The average molecular weight is 404 g/mol. The zero-order valence-electron chi connectivity index (χ0n) is 9.11. The highest BCUT2D eigenvalue weighted by Gasteiger charge is 2.35. The van der Waals surface area contributed by atoms with Crippen molar-refractivity contribution in [1.82, 2.24) is 9.62 Å². The number of nitrogens with one attached hydrogen (secondary N) is 1. The zero-order valence-corrected chi connectivity index (χ0v) is 13.9. The lowest BCUT2D eigenvalue weighted by atomic mass is 10.2. The Balaban J connectivity index is 2.37. The van der Waals surface area contributed by atoms with Crippen molar-refractivity contribution < 1.29 is 8.42 Å². The van der Waals surface area contributed by atoms with Gasteiger partial charge in [-0.3, -0.25) is 0 Å². The number of thiophene rings is 1. The zero-order chi connectivity index (χ0) is 12.6. The second-order valence-electron chi connectivity index (χ2n) is 3.71.